The van der Waals surface area contributed by atoms with Crippen molar-refractivity contribution in [2.45, 2.75) is 0 Å². The molecule has 0 amide bonds. The lowest BCUT2D eigenvalue weighted by Gasteiger charge is -2.20. The molecule has 14 rings (SSSR count). The van der Waals surface area contributed by atoms with Crippen LogP contribution in [0.5, 0.6) is 0 Å². The zero-order valence-corrected chi connectivity index (χ0v) is 33.9. The van der Waals surface area contributed by atoms with Crippen molar-refractivity contribution in [3.8, 4) is 33.4 Å². The first-order valence-corrected chi connectivity index (χ1v) is 22.0. The van der Waals surface area contributed by atoms with Gasteiger partial charge in [-0.05, 0) is 144 Å². The minimum atomic E-state index is 1.24. The molecule has 61 heavy (non-hydrogen) atoms. The molecule has 0 fully saturated rings. The van der Waals surface area contributed by atoms with E-state index in [0.29, 0.717) is 0 Å². The third-order valence-electron chi connectivity index (χ3n) is 13.6. The largest absolute Gasteiger partial charge is 0.135 e. The van der Waals surface area contributed by atoms with Gasteiger partial charge in [-0.1, -0.05) is 182 Å². The summed E-state index contributed by atoms with van der Waals surface area (Å²) in [5.41, 5.74) is 7.62. The number of thiophene rings is 1. The second-order valence-corrected chi connectivity index (χ2v) is 17.7. The predicted octanol–water partition coefficient (Wildman–Crippen LogP) is 17.7. The minimum Gasteiger partial charge on any atom is -0.135 e. The van der Waals surface area contributed by atoms with Crippen LogP contribution in [0.3, 0.4) is 0 Å². The molecule has 1 aromatic heterocycles. The van der Waals surface area contributed by atoms with Crippen molar-refractivity contribution in [1.82, 2.24) is 0 Å². The quantitative estimate of drug-likeness (QED) is 0.124. The summed E-state index contributed by atoms with van der Waals surface area (Å²) < 4.78 is 2.68. The SMILES string of the molecule is c1ccc(-c2c3ccccc3c(-c3ccc4ccc5c(-c6ccc7c(c6)c6ccccc6c6cc8c(cc76)sc6ccccc68)ccc6ccc3c4c65)c3ccccc23)cc1. The Labute approximate surface area is 355 Å². The van der Waals surface area contributed by atoms with Gasteiger partial charge in [0, 0.05) is 20.2 Å². The highest BCUT2D eigenvalue weighted by Crippen LogP contribution is 2.49. The van der Waals surface area contributed by atoms with Crippen LogP contribution in [0.25, 0.3) is 140 Å². The van der Waals surface area contributed by atoms with Crippen LogP contribution >= 0.6 is 11.3 Å². The van der Waals surface area contributed by atoms with E-state index >= 15 is 0 Å². The van der Waals surface area contributed by atoms with Crippen LogP contribution in [-0.4, -0.2) is 0 Å². The lowest BCUT2D eigenvalue weighted by atomic mass is 9.82. The summed E-state index contributed by atoms with van der Waals surface area (Å²) >= 11 is 1.90. The Morgan fingerprint density at radius 1 is 0.230 bits per heavy atom. The van der Waals surface area contributed by atoms with Crippen LogP contribution in [0.1, 0.15) is 0 Å². The van der Waals surface area contributed by atoms with Gasteiger partial charge in [-0.3, -0.25) is 0 Å². The number of hydrogen-bond donors (Lipinski definition) is 0. The van der Waals surface area contributed by atoms with Crippen molar-refractivity contribution in [2.75, 3.05) is 0 Å². The van der Waals surface area contributed by atoms with Crippen LogP contribution in [0, 0.1) is 0 Å². The van der Waals surface area contributed by atoms with Crippen molar-refractivity contribution in [3.63, 3.8) is 0 Å². The lowest BCUT2D eigenvalue weighted by Crippen LogP contribution is -1.93. The Bertz CT molecular complexity index is 4090. The average molecular weight is 787 g/mol. The third-order valence-corrected chi connectivity index (χ3v) is 14.7. The van der Waals surface area contributed by atoms with Gasteiger partial charge in [0.1, 0.15) is 0 Å². The van der Waals surface area contributed by atoms with Crippen LogP contribution in [0.2, 0.25) is 0 Å². The van der Waals surface area contributed by atoms with Crippen molar-refractivity contribution in [2.24, 2.45) is 0 Å². The van der Waals surface area contributed by atoms with Gasteiger partial charge in [-0.25, -0.2) is 0 Å². The van der Waals surface area contributed by atoms with Gasteiger partial charge in [0.05, 0.1) is 0 Å². The predicted molar refractivity (Wildman–Crippen MR) is 267 cm³/mol. The van der Waals surface area contributed by atoms with E-state index < -0.39 is 0 Å². The Hall–Kier alpha value is -7.58. The maximum absolute atomic E-state index is 2.45. The monoisotopic (exact) mass is 786 g/mol. The zero-order valence-electron chi connectivity index (χ0n) is 33.0. The van der Waals surface area contributed by atoms with Gasteiger partial charge in [-0.2, -0.15) is 0 Å². The van der Waals surface area contributed by atoms with Gasteiger partial charge in [0.15, 0.2) is 0 Å². The molecule has 0 spiro atoms. The molecule has 0 aliphatic carbocycles. The molecule has 0 nitrogen and oxygen atoms in total. The highest BCUT2D eigenvalue weighted by atomic mass is 32.1. The summed E-state index contributed by atoms with van der Waals surface area (Å²) in [5, 5.41) is 23.4. The number of fused-ring (bicyclic) bond motifs is 11. The first kappa shape index (κ1) is 33.3. The van der Waals surface area contributed by atoms with Crippen molar-refractivity contribution < 1.29 is 0 Å². The van der Waals surface area contributed by atoms with Gasteiger partial charge in [0.25, 0.3) is 0 Å². The number of hydrogen-bond acceptors (Lipinski definition) is 1. The molecule has 280 valence electrons. The van der Waals surface area contributed by atoms with Crippen LogP contribution in [-0.2, 0) is 0 Å². The molecule has 14 aromatic rings. The standard InChI is InChI=1S/C60H34S/c1-2-12-35(13-3-1)57-44-17-6-8-19-46(44)60(47-20-9-7-18-45(47)57)50-31-25-37-23-29-48-39(27-22-36-24-30-49(50)59(37)58(36)48)38-26-28-42-51(32-38)40-14-4-5-15-41(40)52-33-54-43-16-10-11-21-55(43)61-56(54)34-53(42)52/h1-34H. The Balaban J connectivity index is 1.02. The lowest BCUT2D eigenvalue weighted by molar-refractivity contribution is 1.66. The first-order valence-electron chi connectivity index (χ1n) is 21.2. The highest BCUT2D eigenvalue weighted by Gasteiger charge is 2.21. The summed E-state index contributed by atoms with van der Waals surface area (Å²) in [6.45, 7) is 0. The first-order chi connectivity index (χ1) is 30.3. The fourth-order valence-corrected chi connectivity index (χ4v) is 12.1. The smallest absolute Gasteiger partial charge is 0.0362 e. The van der Waals surface area contributed by atoms with Crippen LogP contribution in [0.4, 0.5) is 0 Å². The number of rotatable bonds is 3. The Kier molecular flexibility index (Phi) is 6.80. The number of benzene rings is 13. The van der Waals surface area contributed by atoms with Crippen molar-refractivity contribution in [3.05, 3.63) is 206 Å². The van der Waals surface area contributed by atoms with E-state index in [2.05, 4.69) is 206 Å². The van der Waals surface area contributed by atoms with Gasteiger partial charge in [-0.15, -0.1) is 11.3 Å². The van der Waals surface area contributed by atoms with E-state index in [0.717, 1.165) is 0 Å². The molecular weight excluding hydrogens is 753 g/mol. The maximum Gasteiger partial charge on any atom is 0.0362 e. The van der Waals surface area contributed by atoms with Crippen molar-refractivity contribution in [1.29, 1.82) is 0 Å². The normalized spacial score (nSPS) is 12.3. The van der Waals surface area contributed by atoms with E-state index in [1.54, 1.807) is 0 Å². The molecule has 0 saturated heterocycles. The second-order valence-electron chi connectivity index (χ2n) is 16.7. The molecule has 0 saturated carbocycles. The second kappa shape index (κ2) is 12.5. The van der Waals surface area contributed by atoms with E-state index in [1.807, 2.05) is 11.3 Å². The van der Waals surface area contributed by atoms with Crippen LogP contribution in [0.15, 0.2) is 206 Å². The van der Waals surface area contributed by atoms with Gasteiger partial charge < -0.3 is 0 Å². The summed E-state index contributed by atoms with van der Waals surface area (Å²) in [7, 11) is 0. The summed E-state index contributed by atoms with van der Waals surface area (Å²) in [4.78, 5) is 0. The molecule has 1 heterocycles. The van der Waals surface area contributed by atoms with Crippen LogP contribution < -0.4 is 0 Å². The summed E-state index contributed by atoms with van der Waals surface area (Å²) in [6, 6.07) is 77.5. The molecule has 0 aliphatic rings. The topological polar surface area (TPSA) is 0 Å². The Morgan fingerprint density at radius 2 is 0.705 bits per heavy atom. The zero-order chi connectivity index (χ0) is 39.8. The molecule has 0 unspecified atom stereocenters. The van der Waals surface area contributed by atoms with Gasteiger partial charge in [0.2, 0.25) is 0 Å². The molecule has 0 N–H and O–H groups in total. The highest BCUT2D eigenvalue weighted by molar-refractivity contribution is 7.25. The van der Waals surface area contributed by atoms with Gasteiger partial charge >= 0.3 is 0 Å². The van der Waals surface area contributed by atoms with E-state index in [9.17, 15) is 0 Å². The third kappa shape index (κ3) is 4.64. The summed E-state index contributed by atoms with van der Waals surface area (Å²) in [6.07, 6.45) is 0. The molecular formula is C60H34S. The fraction of sp³-hybridized carbons (Fsp3) is 0. The summed E-state index contributed by atoms with van der Waals surface area (Å²) in [5.74, 6) is 0. The van der Waals surface area contributed by atoms with E-state index in [-0.39, 0.29) is 0 Å². The molecule has 1 heteroatoms. The molecule has 0 radical (unpaired) electrons. The molecule has 13 aromatic carbocycles. The Morgan fingerprint density at radius 3 is 1.38 bits per heavy atom. The van der Waals surface area contributed by atoms with E-state index in [4.69, 9.17) is 0 Å². The minimum absolute atomic E-state index is 1.24. The molecule has 0 bridgehead atoms. The molecule has 0 atom stereocenters. The van der Waals surface area contributed by atoms with Crippen molar-refractivity contribution >= 4 is 118 Å². The molecule has 0 aliphatic heterocycles. The fourth-order valence-electron chi connectivity index (χ4n) is 10.9. The average Bonchev–Trinajstić information content (AvgIpc) is 3.69. The van der Waals surface area contributed by atoms with E-state index in [1.165, 1.54) is 140 Å². The maximum atomic E-state index is 2.45.